The number of ether oxygens (including phenoxy) is 1. The molecule has 0 spiro atoms. The summed E-state index contributed by atoms with van der Waals surface area (Å²) in [6.07, 6.45) is 0. The van der Waals surface area contributed by atoms with E-state index in [1.54, 1.807) is 19.2 Å². The number of para-hydroxylation sites is 1. The molecule has 0 radical (unpaired) electrons. The SMILES string of the molecule is COc1ccc(Cn2nc(Nc3ccc(F)cc3)c3ccccc32)cc1. The molecule has 0 saturated heterocycles. The molecule has 0 amide bonds. The number of nitrogens with one attached hydrogen (secondary N) is 1. The van der Waals surface area contributed by atoms with Crippen molar-refractivity contribution in [1.82, 2.24) is 9.78 Å². The van der Waals surface area contributed by atoms with E-state index in [0.29, 0.717) is 6.54 Å². The van der Waals surface area contributed by atoms with Crippen LogP contribution in [-0.4, -0.2) is 16.9 Å². The molecule has 0 fully saturated rings. The number of halogens is 1. The minimum Gasteiger partial charge on any atom is -0.497 e. The van der Waals surface area contributed by atoms with Crippen molar-refractivity contribution in [2.75, 3.05) is 12.4 Å². The Morgan fingerprint density at radius 2 is 1.69 bits per heavy atom. The van der Waals surface area contributed by atoms with Crippen LogP contribution < -0.4 is 10.1 Å². The van der Waals surface area contributed by atoms with Crippen LogP contribution in [0.5, 0.6) is 5.75 Å². The van der Waals surface area contributed by atoms with E-state index in [2.05, 4.69) is 5.32 Å². The van der Waals surface area contributed by atoms with E-state index in [0.717, 1.165) is 33.7 Å². The highest BCUT2D eigenvalue weighted by atomic mass is 19.1. The number of hydrogen-bond acceptors (Lipinski definition) is 3. The van der Waals surface area contributed by atoms with E-state index < -0.39 is 0 Å². The molecule has 3 aromatic carbocycles. The van der Waals surface area contributed by atoms with Crippen LogP contribution in [0.1, 0.15) is 5.56 Å². The highest BCUT2D eigenvalue weighted by Gasteiger charge is 2.11. The molecule has 4 rings (SSSR count). The molecule has 1 heterocycles. The molecule has 0 unspecified atom stereocenters. The fourth-order valence-electron chi connectivity index (χ4n) is 2.91. The maximum absolute atomic E-state index is 13.1. The van der Waals surface area contributed by atoms with Gasteiger partial charge >= 0.3 is 0 Å². The molecule has 0 aliphatic heterocycles. The van der Waals surface area contributed by atoms with Crippen molar-refractivity contribution in [2.24, 2.45) is 0 Å². The van der Waals surface area contributed by atoms with Gasteiger partial charge in [0.2, 0.25) is 0 Å². The van der Waals surface area contributed by atoms with E-state index in [1.807, 2.05) is 53.2 Å². The Hall–Kier alpha value is -3.34. The second-order valence-corrected chi connectivity index (χ2v) is 6.00. The molecule has 0 aliphatic rings. The summed E-state index contributed by atoms with van der Waals surface area (Å²) in [6, 6.07) is 22.3. The van der Waals surface area contributed by atoms with Gasteiger partial charge in [-0.1, -0.05) is 24.3 Å². The highest BCUT2D eigenvalue weighted by Crippen LogP contribution is 2.26. The van der Waals surface area contributed by atoms with Crippen molar-refractivity contribution in [2.45, 2.75) is 6.54 Å². The standard InChI is InChI=1S/C21H18FN3O/c1-26-18-12-6-15(7-13-18)14-25-20-5-3-2-4-19(20)21(24-25)23-17-10-8-16(22)9-11-17/h2-13H,14H2,1H3,(H,23,24). The number of fused-ring (bicyclic) bond motifs is 1. The van der Waals surface area contributed by atoms with Gasteiger partial charge in [0.25, 0.3) is 0 Å². The van der Waals surface area contributed by atoms with Crippen molar-refractivity contribution in [1.29, 1.82) is 0 Å². The third kappa shape index (κ3) is 3.24. The molecular formula is C21H18FN3O. The summed E-state index contributed by atoms with van der Waals surface area (Å²) < 4.78 is 20.3. The third-order valence-corrected chi connectivity index (χ3v) is 4.26. The van der Waals surface area contributed by atoms with Gasteiger partial charge in [0.15, 0.2) is 5.82 Å². The van der Waals surface area contributed by atoms with Crippen LogP contribution in [0.2, 0.25) is 0 Å². The minimum absolute atomic E-state index is 0.259. The molecule has 0 bridgehead atoms. The zero-order valence-electron chi connectivity index (χ0n) is 14.3. The van der Waals surface area contributed by atoms with Crippen LogP contribution in [-0.2, 0) is 6.54 Å². The summed E-state index contributed by atoms with van der Waals surface area (Å²) in [6.45, 7) is 0.648. The first-order chi connectivity index (χ1) is 12.7. The first-order valence-corrected chi connectivity index (χ1v) is 8.34. The summed E-state index contributed by atoms with van der Waals surface area (Å²) in [4.78, 5) is 0. The molecule has 4 aromatic rings. The molecular weight excluding hydrogens is 329 g/mol. The lowest BCUT2D eigenvalue weighted by Crippen LogP contribution is -2.02. The van der Waals surface area contributed by atoms with E-state index in [9.17, 15) is 4.39 Å². The zero-order chi connectivity index (χ0) is 17.9. The van der Waals surface area contributed by atoms with E-state index in [-0.39, 0.29) is 5.82 Å². The Balaban J connectivity index is 1.67. The molecule has 5 heteroatoms. The lowest BCUT2D eigenvalue weighted by molar-refractivity contribution is 0.414. The minimum atomic E-state index is -0.259. The molecule has 130 valence electrons. The van der Waals surface area contributed by atoms with Crippen molar-refractivity contribution < 1.29 is 9.13 Å². The number of nitrogens with zero attached hydrogens (tertiary/aromatic N) is 2. The maximum Gasteiger partial charge on any atom is 0.160 e. The fraction of sp³-hybridized carbons (Fsp3) is 0.0952. The quantitative estimate of drug-likeness (QED) is 0.554. The molecule has 0 aliphatic carbocycles. The normalized spacial score (nSPS) is 10.8. The van der Waals surface area contributed by atoms with Gasteiger partial charge in [0.1, 0.15) is 11.6 Å². The lowest BCUT2D eigenvalue weighted by atomic mass is 10.2. The molecule has 26 heavy (non-hydrogen) atoms. The van der Waals surface area contributed by atoms with Gasteiger partial charge in [-0.05, 0) is 54.1 Å². The first kappa shape index (κ1) is 16.1. The Morgan fingerprint density at radius 3 is 2.42 bits per heavy atom. The second kappa shape index (κ2) is 6.88. The van der Waals surface area contributed by atoms with Gasteiger partial charge in [-0.15, -0.1) is 0 Å². The van der Waals surface area contributed by atoms with Gasteiger partial charge < -0.3 is 10.1 Å². The summed E-state index contributed by atoms with van der Waals surface area (Å²) in [5.74, 6) is 1.32. The molecule has 0 atom stereocenters. The van der Waals surface area contributed by atoms with Gasteiger partial charge in [0, 0.05) is 11.1 Å². The van der Waals surface area contributed by atoms with Crippen LogP contribution >= 0.6 is 0 Å². The number of hydrogen-bond donors (Lipinski definition) is 1. The monoisotopic (exact) mass is 347 g/mol. The number of anilines is 2. The van der Waals surface area contributed by atoms with Crippen LogP contribution in [0.25, 0.3) is 10.9 Å². The van der Waals surface area contributed by atoms with Gasteiger partial charge in [-0.3, -0.25) is 4.68 Å². The van der Waals surface area contributed by atoms with Crippen molar-refractivity contribution >= 4 is 22.4 Å². The topological polar surface area (TPSA) is 39.1 Å². The van der Waals surface area contributed by atoms with Gasteiger partial charge in [0.05, 0.1) is 19.2 Å². The lowest BCUT2D eigenvalue weighted by Gasteiger charge is -2.05. The number of methoxy groups -OCH3 is 1. The third-order valence-electron chi connectivity index (χ3n) is 4.26. The summed E-state index contributed by atoms with van der Waals surface area (Å²) in [5.41, 5.74) is 2.96. The molecule has 1 N–H and O–H groups in total. The first-order valence-electron chi connectivity index (χ1n) is 8.34. The van der Waals surface area contributed by atoms with Gasteiger partial charge in [-0.2, -0.15) is 5.10 Å². The number of benzene rings is 3. The zero-order valence-corrected chi connectivity index (χ0v) is 14.3. The van der Waals surface area contributed by atoms with Crippen LogP contribution in [0.3, 0.4) is 0 Å². The smallest absolute Gasteiger partial charge is 0.160 e. The Bertz CT molecular complexity index is 1020. The van der Waals surface area contributed by atoms with Crippen molar-refractivity contribution in [3.63, 3.8) is 0 Å². The summed E-state index contributed by atoms with van der Waals surface area (Å²) >= 11 is 0. The van der Waals surface area contributed by atoms with E-state index in [4.69, 9.17) is 9.84 Å². The van der Waals surface area contributed by atoms with Crippen LogP contribution in [0, 0.1) is 5.82 Å². The molecule has 1 aromatic heterocycles. The number of aromatic nitrogens is 2. The van der Waals surface area contributed by atoms with Gasteiger partial charge in [-0.25, -0.2) is 4.39 Å². The average molecular weight is 347 g/mol. The molecule has 4 nitrogen and oxygen atoms in total. The molecule has 0 saturated carbocycles. The fourth-order valence-corrected chi connectivity index (χ4v) is 2.91. The Morgan fingerprint density at radius 1 is 0.962 bits per heavy atom. The highest BCUT2D eigenvalue weighted by molar-refractivity contribution is 5.91. The van der Waals surface area contributed by atoms with E-state index in [1.165, 1.54) is 12.1 Å². The van der Waals surface area contributed by atoms with Crippen LogP contribution in [0.15, 0.2) is 72.8 Å². The largest absolute Gasteiger partial charge is 0.497 e. The van der Waals surface area contributed by atoms with Crippen molar-refractivity contribution in [3.05, 3.63) is 84.2 Å². The second-order valence-electron chi connectivity index (χ2n) is 6.00. The van der Waals surface area contributed by atoms with Crippen molar-refractivity contribution in [3.8, 4) is 5.75 Å². The van der Waals surface area contributed by atoms with Crippen LogP contribution in [0.4, 0.5) is 15.9 Å². The maximum atomic E-state index is 13.1. The predicted molar refractivity (Wildman–Crippen MR) is 102 cm³/mol. The number of rotatable bonds is 5. The summed E-state index contributed by atoms with van der Waals surface area (Å²) in [5, 5.41) is 9.02. The Kier molecular flexibility index (Phi) is 4.27. The summed E-state index contributed by atoms with van der Waals surface area (Å²) in [7, 11) is 1.66. The average Bonchev–Trinajstić information content (AvgIpc) is 3.02. The van der Waals surface area contributed by atoms with E-state index >= 15 is 0 Å². The Labute approximate surface area is 150 Å². The predicted octanol–water partition coefficient (Wildman–Crippen LogP) is 4.98.